The van der Waals surface area contributed by atoms with Crippen LogP contribution in [0.1, 0.15) is 0 Å². The Morgan fingerprint density at radius 3 is 2.37 bits per heavy atom. The Balaban J connectivity index is 2.30. The smallest absolute Gasteiger partial charge is 0.186 e. The first-order chi connectivity index (χ1) is 9.08. The number of nitrogens with one attached hydrogen (secondary N) is 1. The quantitative estimate of drug-likeness (QED) is 0.686. The van der Waals surface area contributed by atoms with Crippen LogP contribution in [0.25, 0.3) is 22.4 Å². The number of aromatic nitrogens is 2. The van der Waals surface area contributed by atoms with Crippen molar-refractivity contribution >= 4 is 34.2 Å². The third kappa shape index (κ3) is 1.97. The minimum absolute atomic E-state index is 0.0778. The number of rotatable bonds is 1. The first-order valence-electron chi connectivity index (χ1n) is 5.36. The van der Waals surface area contributed by atoms with Gasteiger partial charge in [0.1, 0.15) is 11.3 Å². The summed E-state index contributed by atoms with van der Waals surface area (Å²) in [5, 5.41) is 0.764. The summed E-state index contributed by atoms with van der Waals surface area (Å²) in [5.74, 6) is -1.64. The molecule has 3 rings (SSSR count). The summed E-state index contributed by atoms with van der Waals surface area (Å²) in [5.41, 5.74) is 0.762. The van der Waals surface area contributed by atoms with E-state index in [1.54, 1.807) is 18.2 Å². The van der Waals surface area contributed by atoms with Crippen LogP contribution in [0.15, 0.2) is 30.3 Å². The Bertz CT molecular complexity index is 763. The van der Waals surface area contributed by atoms with E-state index in [1.807, 2.05) is 0 Å². The lowest BCUT2D eigenvalue weighted by atomic mass is 10.2. The van der Waals surface area contributed by atoms with Crippen molar-refractivity contribution in [2.24, 2.45) is 0 Å². The zero-order chi connectivity index (χ0) is 13.6. The molecule has 3 aromatic rings. The lowest BCUT2D eigenvalue weighted by molar-refractivity contribution is 0.515. The molecule has 0 saturated heterocycles. The lowest BCUT2D eigenvalue weighted by Crippen LogP contribution is -1.85. The highest BCUT2D eigenvalue weighted by molar-refractivity contribution is 6.39. The van der Waals surface area contributed by atoms with Crippen LogP contribution in [-0.4, -0.2) is 9.97 Å². The predicted octanol–water partition coefficient (Wildman–Crippen LogP) is 4.81. The highest BCUT2D eigenvalue weighted by Gasteiger charge is 2.16. The molecule has 19 heavy (non-hydrogen) atoms. The molecule has 2 aromatic carbocycles. The summed E-state index contributed by atoms with van der Waals surface area (Å²) < 4.78 is 26.7. The fourth-order valence-electron chi connectivity index (χ4n) is 1.86. The van der Waals surface area contributed by atoms with Gasteiger partial charge in [-0.3, -0.25) is 0 Å². The maximum absolute atomic E-state index is 13.6. The molecule has 0 saturated carbocycles. The van der Waals surface area contributed by atoms with E-state index in [2.05, 4.69) is 9.97 Å². The highest BCUT2D eigenvalue weighted by Crippen LogP contribution is 2.34. The van der Waals surface area contributed by atoms with Crippen molar-refractivity contribution in [3.63, 3.8) is 0 Å². The number of nitrogens with zero attached hydrogens (tertiary/aromatic N) is 1. The molecule has 0 fully saturated rings. The standard InChI is InChI=1S/C13H6Cl2F2N2/c14-6-2-1-3-7(15)10(6)13-18-9-5-4-8(16)11(17)12(9)19-13/h1-5H,(H,18,19). The average Bonchev–Trinajstić information content (AvgIpc) is 2.78. The molecule has 0 radical (unpaired) electrons. The van der Waals surface area contributed by atoms with Gasteiger partial charge in [-0.15, -0.1) is 0 Å². The van der Waals surface area contributed by atoms with Crippen molar-refractivity contribution in [2.45, 2.75) is 0 Å². The van der Waals surface area contributed by atoms with E-state index in [9.17, 15) is 8.78 Å². The SMILES string of the molecule is Fc1ccc2[nH]c(-c3c(Cl)cccc3Cl)nc2c1F. The summed E-state index contributed by atoms with van der Waals surface area (Å²) >= 11 is 12.1. The number of fused-ring (bicyclic) bond motifs is 1. The minimum atomic E-state index is -0.997. The molecule has 1 heterocycles. The largest absolute Gasteiger partial charge is 0.338 e. The van der Waals surface area contributed by atoms with E-state index in [1.165, 1.54) is 6.07 Å². The number of hydrogen-bond donors (Lipinski definition) is 1. The molecule has 2 nitrogen and oxygen atoms in total. The number of hydrogen-bond acceptors (Lipinski definition) is 1. The van der Waals surface area contributed by atoms with E-state index in [-0.39, 0.29) is 5.52 Å². The topological polar surface area (TPSA) is 28.7 Å². The van der Waals surface area contributed by atoms with Crippen molar-refractivity contribution in [2.75, 3.05) is 0 Å². The number of halogens is 4. The van der Waals surface area contributed by atoms with Gasteiger partial charge in [0, 0.05) is 0 Å². The van der Waals surface area contributed by atoms with Gasteiger partial charge >= 0.3 is 0 Å². The molecule has 0 aliphatic carbocycles. The molecule has 96 valence electrons. The monoisotopic (exact) mass is 298 g/mol. The van der Waals surface area contributed by atoms with Crippen molar-refractivity contribution in [1.29, 1.82) is 0 Å². The lowest BCUT2D eigenvalue weighted by Gasteiger charge is -2.02. The number of benzene rings is 2. The Morgan fingerprint density at radius 1 is 1.00 bits per heavy atom. The van der Waals surface area contributed by atoms with Gasteiger partial charge in [0.05, 0.1) is 21.1 Å². The van der Waals surface area contributed by atoms with Crippen LogP contribution < -0.4 is 0 Å². The van der Waals surface area contributed by atoms with Gasteiger partial charge in [-0.05, 0) is 24.3 Å². The van der Waals surface area contributed by atoms with Crippen molar-refractivity contribution < 1.29 is 8.78 Å². The molecule has 0 amide bonds. The fourth-order valence-corrected chi connectivity index (χ4v) is 2.44. The summed E-state index contributed by atoms with van der Waals surface area (Å²) in [7, 11) is 0. The summed E-state index contributed by atoms with van der Waals surface area (Å²) in [6.45, 7) is 0. The summed E-state index contributed by atoms with van der Waals surface area (Å²) in [6.07, 6.45) is 0. The van der Waals surface area contributed by atoms with E-state index in [4.69, 9.17) is 23.2 Å². The zero-order valence-electron chi connectivity index (χ0n) is 9.35. The first-order valence-corrected chi connectivity index (χ1v) is 6.11. The molecule has 0 aliphatic rings. The van der Waals surface area contributed by atoms with Gasteiger partial charge in [-0.2, -0.15) is 0 Å². The molecule has 1 aromatic heterocycles. The minimum Gasteiger partial charge on any atom is -0.338 e. The molecule has 0 spiro atoms. The van der Waals surface area contributed by atoms with Gasteiger partial charge in [0.25, 0.3) is 0 Å². The van der Waals surface area contributed by atoms with Gasteiger partial charge < -0.3 is 4.98 Å². The Hall–Kier alpha value is -1.65. The van der Waals surface area contributed by atoms with Gasteiger partial charge in [-0.25, -0.2) is 13.8 Å². The molecule has 0 aliphatic heterocycles. The van der Waals surface area contributed by atoms with Gasteiger partial charge in [0.2, 0.25) is 0 Å². The molecule has 0 atom stereocenters. The fraction of sp³-hybridized carbons (Fsp3) is 0. The molecule has 0 bridgehead atoms. The maximum Gasteiger partial charge on any atom is 0.186 e. The van der Waals surface area contributed by atoms with E-state index >= 15 is 0 Å². The van der Waals surface area contributed by atoms with Crippen LogP contribution in [0.4, 0.5) is 8.78 Å². The van der Waals surface area contributed by atoms with Crippen LogP contribution in [0.2, 0.25) is 10.0 Å². The van der Waals surface area contributed by atoms with Crippen molar-refractivity contribution in [3.05, 3.63) is 52.0 Å². The third-order valence-electron chi connectivity index (χ3n) is 2.75. The van der Waals surface area contributed by atoms with Crippen LogP contribution in [0.5, 0.6) is 0 Å². The van der Waals surface area contributed by atoms with E-state index < -0.39 is 11.6 Å². The molecule has 0 unspecified atom stereocenters. The van der Waals surface area contributed by atoms with Crippen molar-refractivity contribution in [3.8, 4) is 11.4 Å². The zero-order valence-corrected chi connectivity index (χ0v) is 10.9. The van der Waals surface area contributed by atoms with Crippen LogP contribution >= 0.6 is 23.2 Å². The summed E-state index contributed by atoms with van der Waals surface area (Å²) in [4.78, 5) is 6.90. The van der Waals surface area contributed by atoms with Gasteiger partial charge in [-0.1, -0.05) is 29.3 Å². The second kappa shape index (κ2) is 4.47. The maximum atomic E-state index is 13.6. The van der Waals surface area contributed by atoms with Gasteiger partial charge in [0.15, 0.2) is 11.6 Å². The Morgan fingerprint density at radius 2 is 1.68 bits per heavy atom. The molecular weight excluding hydrogens is 293 g/mol. The third-order valence-corrected chi connectivity index (χ3v) is 3.38. The Kier molecular flexibility index (Phi) is 2.92. The average molecular weight is 299 g/mol. The van der Waals surface area contributed by atoms with Crippen LogP contribution in [0, 0.1) is 11.6 Å². The van der Waals surface area contributed by atoms with E-state index in [0.29, 0.717) is 26.9 Å². The number of imidazole rings is 1. The second-order valence-corrected chi connectivity index (χ2v) is 4.75. The first kappa shape index (κ1) is 12.4. The molecule has 1 N–H and O–H groups in total. The van der Waals surface area contributed by atoms with Crippen molar-refractivity contribution in [1.82, 2.24) is 9.97 Å². The molecular formula is C13H6Cl2F2N2. The normalized spacial score (nSPS) is 11.2. The van der Waals surface area contributed by atoms with Crippen LogP contribution in [0.3, 0.4) is 0 Å². The highest BCUT2D eigenvalue weighted by atomic mass is 35.5. The van der Waals surface area contributed by atoms with Crippen LogP contribution in [-0.2, 0) is 0 Å². The second-order valence-electron chi connectivity index (χ2n) is 3.94. The molecule has 6 heteroatoms. The number of aromatic amines is 1. The summed E-state index contributed by atoms with van der Waals surface area (Å²) in [6, 6.07) is 7.43. The Labute approximate surface area is 117 Å². The number of H-pyrrole nitrogens is 1. The van der Waals surface area contributed by atoms with E-state index in [0.717, 1.165) is 6.07 Å². The predicted molar refractivity (Wildman–Crippen MR) is 71.5 cm³/mol.